The summed E-state index contributed by atoms with van der Waals surface area (Å²) >= 11 is 7.70. The zero-order valence-corrected chi connectivity index (χ0v) is 30.0. The Morgan fingerprint density at radius 3 is 1.51 bits per heavy atom. The fourth-order valence-corrected chi connectivity index (χ4v) is 7.05. The predicted octanol–water partition coefficient (Wildman–Crippen LogP) is 13.7. The number of hydrogen-bond donors (Lipinski definition) is 0. The van der Waals surface area contributed by atoms with E-state index in [4.69, 9.17) is 11.6 Å². The van der Waals surface area contributed by atoms with Crippen LogP contribution in [0.2, 0.25) is 5.02 Å². The summed E-state index contributed by atoms with van der Waals surface area (Å²) < 4.78 is 2.35. The van der Waals surface area contributed by atoms with E-state index in [2.05, 4.69) is 203 Å². The second-order valence-electron chi connectivity index (χ2n) is 14.8. The summed E-state index contributed by atoms with van der Waals surface area (Å²) in [5, 5.41) is 1.86. The third kappa shape index (κ3) is 6.18. The third-order valence-corrected chi connectivity index (χ3v) is 9.79. The summed E-state index contributed by atoms with van der Waals surface area (Å²) in [4.78, 5) is 2.29. The highest BCUT2D eigenvalue weighted by atomic mass is 35.5. The number of anilines is 3. The Morgan fingerprint density at radius 1 is 0.490 bits per heavy atom. The van der Waals surface area contributed by atoms with Gasteiger partial charge in [0.1, 0.15) is 0 Å². The van der Waals surface area contributed by atoms with E-state index in [-0.39, 0.29) is 10.8 Å². The van der Waals surface area contributed by atoms with Gasteiger partial charge >= 0.3 is 0 Å². The molecule has 0 bridgehead atoms. The molecule has 3 heteroatoms. The second kappa shape index (κ2) is 12.8. The van der Waals surface area contributed by atoms with Crippen LogP contribution in [0, 0.1) is 0 Å². The van der Waals surface area contributed by atoms with Gasteiger partial charge in [-0.3, -0.25) is 0 Å². The fourth-order valence-electron chi connectivity index (χ4n) is 6.76. The second-order valence-corrected chi connectivity index (χ2v) is 15.2. The number of para-hydroxylation sites is 1. The molecule has 7 aromatic rings. The zero-order valence-electron chi connectivity index (χ0n) is 29.2. The van der Waals surface area contributed by atoms with Gasteiger partial charge in [0, 0.05) is 22.3 Å². The van der Waals surface area contributed by atoms with Crippen LogP contribution in [0.3, 0.4) is 0 Å². The molecule has 1 aromatic heterocycles. The molecule has 49 heavy (non-hydrogen) atoms. The van der Waals surface area contributed by atoms with E-state index in [0.29, 0.717) is 5.02 Å². The Kier molecular flexibility index (Phi) is 8.47. The normalized spacial score (nSPS) is 12.0. The monoisotopic (exact) mass is 658 g/mol. The number of fused-ring (bicyclic) bond motifs is 1. The number of nitrogens with zero attached hydrogens (tertiary/aromatic N) is 2. The predicted molar refractivity (Wildman–Crippen MR) is 211 cm³/mol. The van der Waals surface area contributed by atoms with Crippen LogP contribution in [0.25, 0.3) is 39.0 Å². The Hall–Kier alpha value is -5.05. The van der Waals surface area contributed by atoms with E-state index in [1.807, 2.05) is 0 Å². The average Bonchev–Trinajstić information content (AvgIpc) is 3.45. The molecule has 7 rings (SSSR count). The first-order chi connectivity index (χ1) is 23.5. The van der Waals surface area contributed by atoms with Gasteiger partial charge in [-0.2, -0.15) is 0 Å². The average molecular weight is 659 g/mol. The van der Waals surface area contributed by atoms with Gasteiger partial charge in [0.15, 0.2) is 0 Å². The van der Waals surface area contributed by atoms with Crippen molar-refractivity contribution < 1.29 is 0 Å². The van der Waals surface area contributed by atoms with Crippen molar-refractivity contribution in [3.8, 4) is 28.1 Å². The van der Waals surface area contributed by atoms with Crippen LogP contribution >= 0.6 is 11.6 Å². The maximum Gasteiger partial charge on any atom is 0.0887 e. The van der Waals surface area contributed by atoms with Crippen molar-refractivity contribution >= 4 is 39.6 Å². The van der Waals surface area contributed by atoms with Crippen molar-refractivity contribution in [2.75, 3.05) is 4.90 Å². The molecule has 0 aliphatic heterocycles. The molecule has 0 radical (unpaired) electrons. The molecule has 0 unspecified atom stereocenters. The van der Waals surface area contributed by atoms with E-state index >= 15 is 0 Å². The highest BCUT2D eigenvalue weighted by molar-refractivity contribution is 6.35. The minimum atomic E-state index is 0.0507. The Balaban J connectivity index is 1.49. The molecule has 1 heterocycles. The quantitative estimate of drug-likeness (QED) is 0.173. The lowest BCUT2D eigenvalue weighted by molar-refractivity contribution is 0.590. The van der Waals surface area contributed by atoms with Crippen molar-refractivity contribution in [1.82, 2.24) is 4.57 Å². The van der Waals surface area contributed by atoms with Gasteiger partial charge < -0.3 is 9.47 Å². The summed E-state index contributed by atoms with van der Waals surface area (Å²) in [6.45, 7) is 13.5. The molecule has 0 amide bonds. The molecule has 0 spiro atoms. The highest BCUT2D eigenvalue weighted by Gasteiger charge is 2.25. The van der Waals surface area contributed by atoms with Gasteiger partial charge in [0.05, 0.1) is 27.6 Å². The molecular weight excluding hydrogens is 616 g/mol. The number of halogens is 1. The summed E-state index contributed by atoms with van der Waals surface area (Å²) in [5.74, 6) is 0. The molecule has 0 aliphatic rings. The lowest BCUT2D eigenvalue weighted by Crippen LogP contribution is -2.15. The van der Waals surface area contributed by atoms with Gasteiger partial charge in [-0.05, 0) is 75.5 Å². The van der Waals surface area contributed by atoms with Gasteiger partial charge in [-0.1, -0.05) is 162 Å². The molecule has 0 atom stereocenters. The highest BCUT2D eigenvalue weighted by Crippen LogP contribution is 2.47. The maximum absolute atomic E-state index is 7.70. The zero-order chi connectivity index (χ0) is 34.3. The van der Waals surface area contributed by atoms with Gasteiger partial charge in [0.25, 0.3) is 0 Å². The Bertz CT molecular complexity index is 2160. The van der Waals surface area contributed by atoms with Crippen LogP contribution in [-0.4, -0.2) is 4.57 Å². The molecule has 0 N–H and O–H groups in total. The lowest BCUT2D eigenvalue weighted by atomic mass is 9.86. The number of aromatic nitrogens is 1. The molecule has 2 nitrogen and oxygen atoms in total. The summed E-state index contributed by atoms with van der Waals surface area (Å²) in [6, 6.07) is 54.2. The third-order valence-electron chi connectivity index (χ3n) is 9.41. The first-order valence-corrected chi connectivity index (χ1v) is 17.4. The first-order valence-electron chi connectivity index (χ1n) is 17.1. The molecule has 0 saturated carbocycles. The molecule has 0 fully saturated rings. The Morgan fingerprint density at radius 2 is 0.980 bits per heavy atom. The van der Waals surface area contributed by atoms with Gasteiger partial charge in [-0.15, -0.1) is 0 Å². The lowest BCUT2D eigenvalue weighted by Gasteiger charge is -2.29. The van der Waals surface area contributed by atoms with Crippen LogP contribution in [0.15, 0.2) is 152 Å². The SMILES string of the molecule is CC(C)(C)c1ccc(N(c2ccc(C(C)(C)C)cc2)c2cccc(-n3c(-c4ccccc4)c(-c4ccccc4)c4ccccc43)c2Cl)cc1. The Labute approximate surface area is 296 Å². The number of benzene rings is 6. The summed E-state index contributed by atoms with van der Waals surface area (Å²) in [5.41, 5.74) is 12.4. The minimum absolute atomic E-state index is 0.0507. The molecule has 6 aromatic carbocycles. The molecule has 0 saturated heterocycles. The van der Waals surface area contributed by atoms with E-state index in [9.17, 15) is 0 Å². The number of rotatable bonds is 6. The standard InChI is InChI=1S/C46H43ClN2/c1-45(2,3)34-24-28-36(29-25-34)48(37-30-26-35(27-31-37)46(4,5)6)40-22-15-23-41(43(40)47)49-39-21-14-13-20-38(39)42(32-16-9-7-10-17-32)44(49)33-18-11-8-12-19-33/h7-31H,1-6H3. The first kappa shape index (κ1) is 32.5. The number of hydrogen-bond acceptors (Lipinski definition) is 1. The molecular formula is C46H43ClN2. The van der Waals surface area contributed by atoms with Crippen molar-refractivity contribution in [2.24, 2.45) is 0 Å². The van der Waals surface area contributed by atoms with E-state index < -0.39 is 0 Å². The van der Waals surface area contributed by atoms with Crippen LogP contribution in [0.4, 0.5) is 17.1 Å². The van der Waals surface area contributed by atoms with Crippen molar-refractivity contribution in [3.63, 3.8) is 0 Å². The van der Waals surface area contributed by atoms with E-state index in [1.54, 1.807) is 0 Å². The van der Waals surface area contributed by atoms with E-state index in [1.165, 1.54) is 27.6 Å². The van der Waals surface area contributed by atoms with Crippen LogP contribution in [-0.2, 0) is 10.8 Å². The van der Waals surface area contributed by atoms with Crippen molar-refractivity contribution in [2.45, 2.75) is 52.4 Å². The molecule has 0 aliphatic carbocycles. The maximum atomic E-state index is 7.70. The van der Waals surface area contributed by atoms with E-state index in [0.717, 1.165) is 39.5 Å². The van der Waals surface area contributed by atoms with Crippen molar-refractivity contribution in [1.29, 1.82) is 0 Å². The fraction of sp³-hybridized carbons (Fsp3) is 0.174. The van der Waals surface area contributed by atoms with Gasteiger partial charge in [0.2, 0.25) is 0 Å². The van der Waals surface area contributed by atoms with Gasteiger partial charge in [-0.25, -0.2) is 0 Å². The smallest absolute Gasteiger partial charge is 0.0887 e. The van der Waals surface area contributed by atoms with Crippen LogP contribution in [0.1, 0.15) is 52.7 Å². The molecule has 244 valence electrons. The van der Waals surface area contributed by atoms with Crippen LogP contribution in [0.5, 0.6) is 0 Å². The summed E-state index contributed by atoms with van der Waals surface area (Å²) in [6.07, 6.45) is 0. The topological polar surface area (TPSA) is 8.17 Å². The minimum Gasteiger partial charge on any atom is -0.309 e. The van der Waals surface area contributed by atoms with Crippen molar-refractivity contribution in [3.05, 3.63) is 168 Å². The summed E-state index contributed by atoms with van der Waals surface area (Å²) in [7, 11) is 0. The largest absolute Gasteiger partial charge is 0.309 e. The van der Waals surface area contributed by atoms with Crippen LogP contribution < -0.4 is 4.90 Å².